The molecular formula is C19H18ClFN6O5S. The van der Waals surface area contributed by atoms with Crippen molar-refractivity contribution in [1.29, 1.82) is 0 Å². The number of anilines is 5. The number of rotatable bonds is 8. The van der Waals surface area contributed by atoms with Gasteiger partial charge in [0, 0.05) is 19.2 Å². The largest absolute Gasteiger partial charge is 0.494 e. The Morgan fingerprint density at radius 1 is 1.21 bits per heavy atom. The maximum absolute atomic E-state index is 13.9. The molecule has 3 rings (SSSR count). The Morgan fingerprint density at radius 2 is 1.91 bits per heavy atom. The normalized spacial score (nSPS) is 11.1. The van der Waals surface area contributed by atoms with Crippen LogP contribution in [0.15, 0.2) is 42.6 Å². The minimum atomic E-state index is -3.54. The van der Waals surface area contributed by atoms with Gasteiger partial charge >= 0.3 is 5.69 Å². The molecule has 0 spiro atoms. The van der Waals surface area contributed by atoms with E-state index in [-0.39, 0.29) is 28.2 Å². The summed E-state index contributed by atoms with van der Waals surface area (Å²) in [6.45, 7) is 0. The molecule has 1 heterocycles. The first-order valence-corrected chi connectivity index (χ1v) is 11.4. The highest BCUT2D eigenvalue weighted by Gasteiger charge is 2.20. The van der Waals surface area contributed by atoms with E-state index in [2.05, 4.69) is 20.6 Å². The van der Waals surface area contributed by atoms with Gasteiger partial charge in [0.2, 0.25) is 21.8 Å². The van der Waals surface area contributed by atoms with Crippen molar-refractivity contribution in [2.24, 2.45) is 0 Å². The molecule has 0 atom stereocenters. The Bertz CT molecular complexity index is 1320. The molecule has 1 aromatic heterocycles. The molecule has 174 valence electrons. The number of sulfonamides is 1. The summed E-state index contributed by atoms with van der Waals surface area (Å²) >= 11 is 6.21. The first kappa shape index (κ1) is 23.9. The molecular weight excluding hydrogens is 479 g/mol. The predicted octanol–water partition coefficient (Wildman–Crippen LogP) is 4.07. The van der Waals surface area contributed by atoms with Crippen LogP contribution in [0.2, 0.25) is 5.02 Å². The Kier molecular flexibility index (Phi) is 6.84. The number of nitrogens with one attached hydrogen (secondary N) is 2. The third kappa shape index (κ3) is 5.38. The average molecular weight is 497 g/mol. The maximum atomic E-state index is 13.9. The van der Waals surface area contributed by atoms with Gasteiger partial charge in [-0.15, -0.1) is 0 Å². The molecule has 0 saturated heterocycles. The molecule has 14 heteroatoms. The number of halogens is 2. The van der Waals surface area contributed by atoms with Crippen LogP contribution in [0, 0.1) is 15.9 Å². The van der Waals surface area contributed by atoms with Crippen LogP contribution >= 0.6 is 11.6 Å². The quantitative estimate of drug-likeness (QED) is 0.348. The van der Waals surface area contributed by atoms with Crippen molar-refractivity contribution in [3.63, 3.8) is 0 Å². The van der Waals surface area contributed by atoms with Crippen molar-refractivity contribution in [2.75, 3.05) is 35.4 Å². The lowest BCUT2D eigenvalue weighted by molar-refractivity contribution is -0.387. The number of hydrogen-bond acceptors (Lipinski definition) is 9. The number of nitrogens with zero attached hydrogens (tertiary/aromatic N) is 4. The molecule has 0 bridgehead atoms. The van der Waals surface area contributed by atoms with Crippen LogP contribution in [0.5, 0.6) is 5.75 Å². The average Bonchev–Trinajstić information content (AvgIpc) is 2.76. The topological polar surface area (TPSA) is 140 Å². The standard InChI is InChI=1S/C19H18ClFN6O5S/c1-26(33(3,30)31)15-7-5-4-6-13(15)23-18-11(20)10-22-19(25-18)24-14-9-16(27(28)29)12(21)8-17(14)32-2/h4-10H,1-3H3,(H2,22,23,24,25). The van der Waals surface area contributed by atoms with Crippen LogP contribution in [-0.2, 0) is 10.0 Å². The molecule has 0 amide bonds. The smallest absolute Gasteiger partial charge is 0.307 e. The fourth-order valence-corrected chi connectivity index (χ4v) is 3.40. The van der Waals surface area contributed by atoms with Gasteiger partial charge in [0.25, 0.3) is 0 Å². The Balaban J connectivity index is 1.97. The number of nitro benzene ring substituents is 1. The predicted molar refractivity (Wildman–Crippen MR) is 123 cm³/mol. The van der Waals surface area contributed by atoms with Crippen molar-refractivity contribution in [2.45, 2.75) is 0 Å². The second-order valence-electron chi connectivity index (χ2n) is 6.65. The van der Waals surface area contributed by atoms with Gasteiger partial charge in [-0.3, -0.25) is 14.4 Å². The highest BCUT2D eigenvalue weighted by molar-refractivity contribution is 7.92. The van der Waals surface area contributed by atoms with Crippen molar-refractivity contribution in [1.82, 2.24) is 9.97 Å². The molecule has 11 nitrogen and oxygen atoms in total. The number of ether oxygens (including phenoxy) is 1. The summed E-state index contributed by atoms with van der Waals surface area (Å²) in [4.78, 5) is 18.5. The van der Waals surface area contributed by atoms with Gasteiger partial charge in [-0.2, -0.15) is 9.37 Å². The third-order valence-corrected chi connectivity index (χ3v) is 5.92. The Morgan fingerprint density at radius 3 is 2.55 bits per heavy atom. The molecule has 0 radical (unpaired) electrons. The van der Waals surface area contributed by atoms with E-state index in [1.165, 1.54) is 20.4 Å². The molecule has 2 aromatic carbocycles. The van der Waals surface area contributed by atoms with Crippen molar-refractivity contribution >= 4 is 56.1 Å². The molecule has 0 fully saturated rings. The number of para-hydroxylation sites is 2. The van der Waals surface area contributed by atoms with Crippen LogP contribution < -0.4 is 19.7 Å². The summed E-state index contributed by atoms with van der Waals surface area (Å²) in [7, 11) is -0.861. The molecule has 0 aliphatic rings. The highest BCUT2D eigenvalue weighted by Crippen LogP contribution is 2.35. The van der Waals surface area contributed by atoms with Crippen LogP contribution in [0.25, 0.3) is 0 Å². The lowest BCUT2D eigenvalue weighted by atomic mass is 10.2. The summed E-state index contributed by atoms with van der Waals surface area (Å²) < 4.78 is 44.0. The summed E-state index contributed by atoms with van der Waals surface area (Å²) in [5.74, 6) is -0.978. The summed E-state index contributed by atoms with van der Waals surface area (Å²) in [5.41, 5.74) is 0.0337. The van der Waals surface area contributed by atoms with Crippen molar-refractivity contribution in [3.05, 3.63) is 63.5 Å². The van der Waals surface area contributed by atoms with Gasteiger partial charge in [-0.05, 0) is 12.1 Å². The van der Waals surface area contributed by atoms with Crippen molar-refractivity contribution < 1.29 is 22.5 Å². The van der Waals surface area contributed by atoms with E-state index in [0.717, 1.165) is 22.7 Å². The number of hydrogen-bond donors (Lipinski definition) is 2. The van der Waals surface area contributed by atoms with Crippen molar-refractivity contribution in [3.8, 4) is 5.75 Å². The molecule has 0 unspecified atom stereocenters. The van der Waals surface area contributed by atoms with E-state index in [9.17, 15) is 22.9 Å². The minimum absolute atomic E-state index is 0.00807. The first-order valence-electron chi connectivity index (χ1n) is 9.12. The monoisotopic (exact) mass is 496 g/mol. The van der Waals surface area contributed by atoms with Gasteiger partial charge in [0.05, 0.1) is 41.5 Å². The summed E-state index contributed by atoms with van der Waals surface area (Å²) in [5, 5.41) is 16.9. The van der Waals surface area contributed by atoms with Gasteiger partial charge in [-0.25, -0.2) is 13.4 Å². The lowest BCUT2D eigenvalue weighted by Gasteiger charge is -2.21. The number of methoxy groups -OCH3 is 1. The van der Waals surface area contributed by atoms with Gasteiger partial charge in [0.1, 0.15) is 10.8 Å². The zero-order valence-corrected chi connectivity index (χ0v) is 19.1. The van der Waals surface area contributed by atoms with Crippen LogP contribution in [0.3, 0.4) is 0 Å². The van der Waals surface area contributed by atoms with E-state index < -0.39 is 26.5 Å². The second kappa shape index (κ2) is 9.42. The number of aromatic nitrogens is 2. The molecule has 3 aromatic rings. The zero-order chi connectivity index (χ0) is 24.3. The van der Waals surface area contributed by atoms with E-state index in [4.69, 9.17) is 16.3 Å². The molecule has 0 aliphatic carbocycles. The molecule has 0 saturated carbocycles. The first-order chi connectivity index (χ1) is 15.5. The summed E-state index contributed by atoms with van der Waals surface area (Å²) in [6.07, 6.45) is 2.34. The molecule has 33 heavy (non-hydrogen) atoms. The van der Waals surface area contributed by atoms with E-state index >= 15 is 0 Å². The number of benzene rings is 2. The third-order valence-electron chi connectivity index (χ3n) is 4.45. The van der Waals surface area contributed by atoms with Gasteiger partial charge in [0.15, 0.2) is 5.82 Å². The Labute approximate surface area is 193 Å². The molecule has 2 N–H and O–H groups in total. The fraction of sp³-hybridized carbons (Fsp3) is 0.158. The van der Waals surface area contributed by atoms with Crippen LogP contribution in [0.4, 0.5) is 38.9 Å². The number of nitro groups is 1. The highest BCUT2D eigenvalue weighted by atomic mass is 35.5. The SMILES string of the molecule is COc1cc(F)c([N+](=O)[O-])cc1Nc1ncc(Cl)c(Nc2ccccc2N(C)S(C)(=O)=O)n1. The fourth-order valence-electron chi connectivity index (χ4n) is 2.75. The molecule has 0 aliphatic heterocycles. The summed E-state index contributed by atoms with van der Waals surface area (Å²) in [6, 6.07) is 8.42. The van der Waals surface area contributed by atoms with E-state index in [0.29, 0.717) is 11.4 Å². The minimum Gasteiger partial charge on any atom is -0.494 e. The van der Waals surface area contributed by atoms with E-state index in [1.54, 1.807) is 24.3 Å². The maximum Gasteiger partial charge on any atom is 0.307 e. The second-order valence-corrected chi connectivity index (χ2v) is 9.07. The lowest BCUT2D eigenvalue weighted by Crippen LogP contribution is -2.25. The van der Waals surface area contributed by atoms with Gasteiger partial charge < -0.3 is 15.4 Å². The van der Waals surface area contributed by atoms with Gasteiger partial charge in [-0.1, -0.05) is 23.7 Å². The van der Waals surface area contributed by atoms with Crippen LogP contribution in [-0.4, -0.2) is 43.7 Å². The Hall–Kier alpha value is -3.71. The van der Waals surface area contributed by atoms with E-state index in [1.807, 2.05) is 0 Å². The zero-order valence-electron chi connectivity index (χ0n) is 17.5. The van der Waals surface area contributed by atoms with Crippen LogP contribution in [0.1, 0.15) is 0 Å².